The van der Waals surface area contributed by atoms with E-state index >= 15 is 0 Å². The molecule has 0 saturated heterocycles. The number of nitrogens with one attached hydrogen (secondary N) is 1. The van der Waals surface area contributed by atoms with Crippen molar-refractivity contribution in [3.63, 3.8) is 0 Å². The van der Waals surface area contributed by atoms with Gasteiger partial charge in [-0.15, -0.1) is 12.4 Å². The van der Waals surface area contributed by atoms with E-state index in [1.54, 1.807) is 5.48 Å². The molecule has 0 radical (unpaired) electrons. The van der Waals surface area contributed by atoms with Crippen LogP contribution in [0.4, 0.5) is 0 Å². The minimum atomic E-state index is -1.08. The summed E-state index contributed by atoms with van der Waals surface area (Å²) < 4.78 is 0. The van der Waals surface area contributed by atoms with Gasteiger partial charge in [-0.1, -0.05) is 0 Å². The Morgan fingerprint density at radius 1 is 1.62 bits per heavy atom. The van der Waals surface area contributed by atoms with Gasteiger partial charge in [0.1, 0.15) is 6.04 Å². The van der Waals surface area contributed by atoms with Crippen molar-refractivity contribution in [1.82, 2.24) is 5.48 Å². The Hall–Kier alpha value is -1.05. The zero-order valence-electron chi connectivity index (χ0n) is 6.80. The highest BCUT2D eigenvalue weighted by atomic mass is 35.5. The van der Waals surface area contributed by atoms with E-state index in [2.05, 4.69) is 4.99 Å². The lowest BCUT2D eigenvalue weighted by Crippen LogP contribution is -2.32. The van der Waals surface area contributed by atoms with Crippen molar-refractivity contribution in [2.45, 2.75) is 12.5 Å². The molecule has 0 rings (SSSR count). The topological polar surface area (TPSA) is 134 Å². The van der Waals surface area contributed by atoms with Crippen molar-refractivity contribution in [2.75, 3.05) is 6.54 Å². The van der Waals surface area contributed by atoms with Gasteiger partial charge in [0.15, 0.2) is 0 Å². The van der Waals surface area contributed by atoms with Gasteiger partial charge in [-0.25, -0.2) is 5.48 Å². The van der Waals surface area contributed by atoms with Crippen LogP contribution in [0.25, 0.3) is 0 Å². The Bertz CT molecular complexity index is 187. The quantitative estimate of drug-likeness (QED) is 0.219. The van der Waals surface area contributed by atoms with Gasteiger partial charge in [0.05, 0.1) is 0 Å². The molecule has 8 heteroatoms. The van der Waals surface area contributed by atoms with Crippen LogP contribution >= 0.6 is 12.4 Å². The average Bonchev–Trinajstić information content (AvgIpc) is 2.03. The van der Waals surface area contributed by atoms with Gasteiger partial charge >= 0.3 is 5.97 Å². The molecule has 0 aromatic carbocycles. The van der Waals surface area contributed by atoms with Crippen LogP contribution in [-0.4, -0.2) is 34.8 Å². The fraction of sp³-hybridized carbons (Fsp3) is 0.600. The summed E-state index contributed by atoms with van der Waals surface area (Å²) in [5.74, 6) is -1.24. The molecule has 0 amide bonds. The van der Waals surface area contributed by atoms with Crippen LogP contribution in [0.1, 0.15) is 6.42 Å². The fourth-order valence-corrected chi connectivity index (χ4v) is 0.483. The second kappa shape index (κ2) is 7.59. The highest BCUT2D eigenvalue weighted by Crippen LogP contribution is 1.88. The first-order chi connectivity index (χ1) is 5.57. The Morgan fingerprint density at radius 2 is 2.15 bits per heavy atom. The van der Waals surface area contributed by atoms with Gasteiger partial charge in [0.25, 0.3) is 0 Å². The number of hydrogen-bond donors (Lipinski definition) is 5. The molecule has 0 aliphatic rings. The average molecular weight is 213 g/mol. The molecule has 0 bridgehead atoms. The first-order valence-electron chi connectivity index (χ1n) is 3.26. The van der Waals surface area contributed by atoms with Crippen LogP contribution in [0, 0.1) is 0 Å². The molecule has 0 aliphatic heterocycles. The maximum Gasteiger partial charge on any atom is 0.320 e. The molecule has 0 heterocycles. The Labute approximate surface area is 81.2 Å². The summed E-state index contributed by atoms with van der Waals surface area (Å²) in [7, 11) is 0. The first-order valence-corrected chi connectivity index (χ1v) is 3.26. The largest absolute Gasteiger partial charge is 0.480 e. The zero-order valence-corrected chi connectivity index (χ0v) is 7.62. The molecule has 7 N–H and O–H groups in total. The second-order valence-corrected chi connectivity index (χ2v) is 2.11. The number of nitrogens with zero attached hydrogens (tertiary/aromatic N) is 1. The summed E-state index contributed by atoms with van der Waals surface area (Å²) in [6.07, 6.45) is 0.178. The molecule has 0 saturated carbocycles. The number of aliphatic imine (C=N–C) groups is 1. The van der Waals surface area contributed by atoms with E-state index in [9.17, 15) is 4.79 Å². The number of carboxylic acids is 1. The Kier molecular flexibility index (Phi) is 8.45. The third-order valence-electron chi connectivity index (χ3n) is 1.15. The molecule has 13 heavy (non-hydrogen) atoms. The summed E-state index contributed by atoms with van der Waals surface area (Å²) in [4.78, 5) is 13.7. The second-order valence-electron chi connectivity index (χ2n) is 2.11. The van der Waals surface area contributed by atoms with Crippen LogP contribution in [0.5, 0.6) is 0 Å². The van der Waals surface area contributed by atoms with Gasteiger partial charge in [-0.3, -0.25) is 15.0 Å². The van der Waals surface area contributed by atoms with E-state index in [4.69, 9.17) is 21.8 Å². The van der Waals surface area contributed by atoms with Crippen molar-refractivity contribution < 1.29 is 15.1 Å². The van der Waals surface area contributed by atoms with E-state index in [1.807, 2.05) is 0 Å². The normalized spacial score (nSPS) is 12.9. The number of halogens is 1. The molecule has 0 aromatic heterocycles. The molecular formula is C5H13ClN4O3. The summed E-state index contributed by atoms with van der Waals surface area (Å²) in [6, 6.07) is -0.944. The van der Waals surface area contributed by atoms with Crippen molar-refractivity contribution in [3.8, 4) is 0 Å². The lowest BCUT2D eigenvalue weighted by Gasteiger charge is -2.03. The predicted octanol–water partition coefficient (Wildman–Crippen LogP) is -1.50. The lowest BCUT2D eigenvalue weighted by molar-refractivity contribution is -0.138. The highest BCUT2D eigenvalue weighted by molar-refractivity contribution is 5.85. The lowest BCUT2D eigenvalue weighted by atomic mass is 10.2. The molecule has 0 aromatic rings. The SMILES string of the molecule is Cl.NC(=NCC[C@H](N)C(=O)O)NO. The summed E-state index contributed by atoms with van der Waals surface area (Å²) in [6.45, 7) is 0.160. The fourth-order valence-electron chi connectivity index (χ4n) is 0.483. The number of nitrogens with two attached hydrogens (primary N) is 2. The van der Waals surface area contributed by atoms with E-state index in [1.165, 1.54) is 0 Å². The van der Waals surface area contributed by atoms with Crippen LogP contribution in [-0.2, 0) is 4.79 Å². The Morgan fingerprint density at radius 3 is 2.54 bits per heavy atom. The number of guanidine groups is 1. The van der Waals surface area contributed by atoms with Crippen molar-refractivity contribution in [1.29, 1.82) is 0 Å². The number of carbonyl (C=O) groups is 1. The zero-order chi connectivity index (χ0) is 9.56. The highest BCUT2D eigenvalue weighted by Gasteiger charge is 2.09. The van der Waals surface area contributed by atoms with Crippen LogP contribution in [0.2, 0.25) is 0 Å². The minimum Gasteiger partial charge on any atom is -0.480 e. The summed E-state index contributed by atoms with van der Waals surface area (Å²) >= 11 is 0. The van der Waals surface area contributed by atoms with E-state index in [-0.39, 0.29) is 31.3 Å². The smallest absolute Gasteiger partial charge is 0.320 e. The van der Waals surface area contributed by atoms with E-state index in [0.717, 1.165) is 0 Å². The molecule has 0 unspecified atom stereocenters. The number of hydroxylamine groups is 1. The standard InChI is InChI=1S/C5H12N4O3.ClH/c6-3(4(10)11)1-2-8-5(7)9-12;/h3,12H,1-2,6H2,(H,10,11)(H3,7,8,9);1H/t3-;/m0./s1. The molecule has 0 aliphatic carbocycles. The number of carboxylic acid groups (broad SMARTS) is 1. The van der Waals surface area contributed by atoms with Crippen LogP contribution in [0.15, 0.2) is 4.99 Å². The Balaban J connectivity index is 0. The van der Waals surface area contributed by atoms with Gasteiger partial charge in [0.2, 0.25) is 5.96 Å². The molecule has 78 valence electrons. The molecular weight excluding hydrogens is 200 g/mol. The number of rotatable bonds is 4. The van der Waals surface area contributed by atoms with Gasteiger partial charge < -0.3 is 16.6 Å². The number of hydrogen-bond acceptors (Lipinski definition) is 4. The monoisotopic (exact) mass is 212 g/mol. The third-order valence-corrected chi connectivity index (χ3v) is 1.15. The molecule has 0 spiro atoms. The summed E-state index contributed by atoms with van der Waals surface area (Å²) in [5.41, 5.74) is 11.8. The van der Waals surface area contributed by atoms with Crippen LogP contribution in [0.3, 0.4) is 0 Å². The summed E-state index contributed by atoms with van der Waals surface area (Å²) in [5, 5.41) is 16.5. The van der Waals surface area contributed by atoms with Gasteiger partial charge in [0, 0.05) is 6.54 Å². The van der Waals surface area contributed by atoms with E-state index in [0.29, 0.717) is 0 Å². The van der Waals surface area contributed by atoms with Gasteiger partial charge in [-0.2, -0.15) is 0 Å². The molecule has 1 atom stereocenters. The van der Waals surface area contributed by atoms with Crippen molar-refractivity contribution in [3.05, 3.63) is 0 Å². The van der Waals surface area contributed by atoms with Crippen LogP contribution < -0.4 is 16.9 Å². The minimum absolute atomic E-state index is 0. The maximum absolute atomic E-state index is 10.2. The predicted molar refractivity (Wildman–Crippen MR) is 48.9 cm³/mol. The molecule has 0 fully saturated rings. The van der Waals surface area contributed by atoms with Crippen molar-refractivity contribution >= 4 is 24.3 Å². The van der Waals surface area contributed by atoms with Crippen molar-refractivity contribution in [2.24, 2.45) is 16.5 Å². The molecule has 7 nitrogen and oxygen atoms in total. The first kappa shape index (κ1) is 14.5. The van der Waals surface area contributed by atoms with Gasteiger partial charge in [-0.05, 0) is 6.42 Å². The number of aliphatic carboxylic acids is 1. The third kappa shape index (κ3) is 7.32. The maximum atomic E-state index is 10.2. The van der Waals surface area contributed by atoms with E-state index < -0.39 is 12.0 Å².